The predicted molar refractivity (Wildman–Crippen MR) is 59.7 cm³/mol. The van der Waals surface area contributed by atoms with Gasteiger partial charge in [-0.05, 0) is 35.0 Å². The van der Waals surface area contributed by atoms with Gasteiger partial charge in [0.2, 0.25) is 0 Å². The van der Waals surface area contributed by atoms with E-state index in [1.165, 1.54) is 6.42 Å². The molecule has 0 heteroatoms. The van der Waals surface area contributed by atoms with E-state index >= 15 is 0 Å². The first-order valence-electron chi connectivity index (χ1n) is 5.67. The summed E-state index contributed by atoms with van der Waals surface area (Å²) >= 11 is 0. The first-order chi connectivity index (χ1) is 5.67. The molecule has 0 heterocycles. The molecule has 0 spiro atoms. The molecule has 0 saturated heterocycles. The third-order valence-corrected chi connectivity index (χ3v) is 3.71. The summed E-state index contributed by atoms with van der Waals surface area (Å²) in [6.45, 7) is 16.7. The van der Waals surface area contributed by atoms with Gasteiger partial charge in [0.05, 0.1) is 0 Å². The third kappa shape index (κ3) is 2.08. The minimum absolute atomic E-state index is 0.503. The summed E-state index contributed by atoms with van der Waals surface area (Å²) in [5, 5.41) is 0. The highest BCUT2D eigenvalue weighted by atomic mass is 14.7. The number of hydrogen-bond donors (Lipinski definition) is 0. The van der Waals surface area contributed by atoms with Gasteiger partial charge in [-0.1, -0.05) is 48.5 Å². The van der Waals surface area contributed by atoms with E-state index < -0.39 is 0 Å². The monoisotopic (exact) mass is 182 g/mol. The first kappa shape index (κ1) is 11.1. The molecule has 1 fully saturated rings. The lowest BCUT2D eigenvalue weighted by Crippen LogP contribution is -2.12. The molecule has 0 N–H and O–H groups in total. The minimum Gasteiger partial charge on any atom is -0.0628 e. The first-order valence-corrected chi connectivity index (χ1v) is 5.67. The molecule has 0 nitrogen and oxygen atoms in total. The van der Waals surface area contributed by atoms with Crippen molar-refractivity contribution in [2.45, 2.75) is 54.9 Å². The molecule has 2 atom stereocenters. The lowest BCUT2D eigenvalue weighted by Gasteiger charge is -2.20. The van der Waals surface area contributed by atoms with E-state index in [1.54, 1.807) is 0 Å². The van der Waals surface area contributed by atoms with Gasteiger partial charge in [-0.3, -0.25) is 0 Å². The lowest BCUT2D eigenvalue weighted by molar-refractivity contribution is 0.293. The topological polar surface area (TPSA) is 0 Å². The van der Waals surface area contributed by atoms with Gasteiger partial charge in [0.15, 0.2) is 0 Å². The van der Waals surface area contributed by atoms with Crippen LogP contribution < -0.4 is 0 Å². The second kappa shape index (κ2) is 3.00. The average Bonchev–Trinajstić information content (AvgIpc) is 2.29. The molecule has 1 aliphatic carbocycles. The Morgan fingerprint density at radius 2 is 1.62 bits per heavy atom. The zero-order valence-corrected chi connectivity index (χ0v) is 10.4. The van der Waals surface area contributed by atoms with E-state index in [0.717, 1.165) is 17.8 Å². The molecular formula is C13H26. The Labute approximate surface area is 84.1 Å². The van der Waals surface area contributed by atoms with E-state index in [9.17, 15) is 0 Å². The van der Waals surface area contributed by atoms with Crippen molar-refractivity contribution in [3.63, 3.8) is 0 Å². The van der Waals surface area contributed by atoms with Crippen molar-refractivity contribution in [2.75, 3.05) is 0 Å². The fourth-order valence-corrected chi connectivity index (χ4v) is 3.41. The van der Waals surface area contributed by atoms with Crippen LogP contribution in [-0.2, 0) is 0 Å². The van der Waals surface area contributed by atoms with Crippen molar-refractivity contribution in [3.05, 3.63) is 0 Å². The SMILES string of the molecule is CC(C)CC1C(C(C)(C)C)C1(C)C. The average molecular weight is 182 g/mol. The van der Waals surface area contributed by atoms with Crippen LogP contribution in [0.4, 0.5) is 0 Å². The summed E-state index contributed by atoms with van der Waals surface area (Å²) in [7, 11) is 0. The predicted octanol–water partition coefficient (Wildman–Crippen LogP) is 4.35. The van der Waals surface area contributed by atoms with Gasteiger partial charge in [0, 0.05) is 0 Å². The molecule has 0 aromatic heterocycles. The summed E-state index contributed by atoms with van der Waals surface area (Å²) in [5.41, 5.74) is 1.10. The molecule has 0 aromatic rings. The Balaban J connectivity index is 2.61. The lowest BCUT2D eigenvalue weighted by atomic mass is 9.85. The van der Waals surface area contributed by atoms with Gasteiger partial charge in [0.25, 0.3) is 0 Å². The van der Waals surface area contributed by atoms with Gasteiger partial charge < -0.3 is 0 Å². The Bertz CT molecular complexity index is 181. The molecule has 0 radical (unpaired) electrons. The molecule has 0 aromatic carbocycles. The van der Waals surface area contributed by atoms with Crippen LogP contribution >= 0.6 is 0 Å². The second-order valence-electron chi connectivity index (χ2n) is 6.90. The quantitative estimate of drug-likeness (QED) is 0.595. The van der Waals surface area contributed by atoms with Gasteiger partial charge in [-0.2, -0.15) is 0 Å². The van der Waals surface area contributed by atoms with Crippen LogP contribution in [0.25, 0.3) is 0 Å². The zero-order valence-electron chi connectivity index (χ0n) is 10.4. The van der Waals surface area contributed by atoms with Crippen molar-refractivity contribution in [3.8, 4) is 0 Å². The number of rotatable bonds is 2. The molecule has 1 aliphatic rings. The molecule has 2 unspecified atom stereocenters. The van der Waals surface area contributed by atoms with Gasteiger partial charge in [0.1, 0.15) is 0 Å². The maximum absolute atomic E-state index is 2.44. The highest BCUT2D eigenvalue weighted by Gasteiger charge is 2.61. The van der Waals surface area contributed by atoms with Crippen molar-refractivity contribution < 1.29 is 0 Å². The second-order valence-corrected chi connectivity index (χ2v) is 6.90. The third-order valence-electron chi connectivity index (χ3n) is 3.71. The largest absolute Gasteiger partial charge is 0.0628 e. The smallest absolute Gasteiger partial charge is 0.0277 e. The molecule has 13 heavy (non-hydrogen) atoms. The van der Waals surface area contributed by atoms with Gasteiger partial charge in [-0.25, -0.2) is 0 Å². The summed E-state index contributed by atoms with van der Waals surface area (Å²) in [4.78, 5) is 0. The van der Waals surface area contributed by atoms with Crippen LogP contribution in [0.1, 0.15) is 54.9 Å². The zero-order chi connectivity index (χ0) is 10.4. The van der Waals surface area contributed by atoms with Crippen LogP contribution in [0.15, 0.2) is 0 Å². The fraction of sp³-hybridized carbons (Fsp3) is 1.00. The Hall–Kier alpha value is 0. The highest BCUT2D eigenvalue weighted by Crippen LogP contribution is 2.67. The van der Waals surface area contributed by atoms with E-state index in [4.69, 9.17) is 0 Å². The molecule has 0 aliphatic heterocycles. The van der Waals surface area contributed by atoms with Crippen molar-refractivity contribution >= 4 is 0 Å². The van der Waals surface area contributed by atoms with E-state index in [0.29, 0.717) is 10.8 Å². The maximum Gasteiger partial charge on any atom is -0.0277 e. The maximum atomic E-state index is 2.44. The van der Waals surface area contributed by atoms with Crippen LogP contribution in [-0.4, -0.2) is 0 Å². The van der Waals surface area contributed by atoms with E-state index in [1.807, 2.05) is 0 Å². The molecule has 0 bridgehead atoms. The highest BCUT2D eigenvalue weighted by molar-refractivity contribution is 5.09. The van der Waals surface area contributed by atoms with Crippen LogP contribution in [0.2, 0.25) is 0 Å². The van der Waals surface area contributed by atoms with Crippen molar-refractivity contribution in [2.24, 2.45) is 28.6 Å². The minimum atomic E-state index is 0.503. The van der Waals surface area contributed by atoms with Crippen LogP contribution in [0.5, 0.6) is 0 Å². The summed E-state index contributed by atoms with van der Waals surface area (Å²) in [5.74, 6) is 2.76. The normalized spacial score (nSPS) is 32.3. The fourth-order valence-electron chi connectivity index (χ4n) is 3.41. The van der Waals surface area contributed by atoms with Crippen molar-refractivity contribution in [1.82, 2.24) is 0 Å². The Kier molecular flexibility index (Phi) is 2.56. The molecular weight excluding hydrogens is 156 g/mol. The number of hydrogen-bond acceptors (Lipinski definition) is 0. The van der Waals surface area contributed by atoms with Gasteiger partial charge >= 0.3 is 0 Å². The molecule has 1 rings (SSSR count). The van der Waals surface area contributed by atoms with Crippen LogP contribution in [0, 0.1) is 28.6 Å². The molecule has 78 valence electrons. The summed E-state index contributed by atoms with van der Waals surface area (Å²) in [6.07, 6.45) is 1.41. The van der Waals surface area contributed by atoms with Crippen LogP contribution in [0.3, 0.4) is 0 Å². The summed E-state index contributed by atoms with van der Waals surface area (Å²) < 4.78 is 0. The summed E-state index contributed by atoms with van der Waals surface area (Å²) in [6, 6.07) is 0. The molecule has 0 amide bonds. The van der Waals surface area contributed by atoms with E-state index in [-0.39, 0.29) is 0 Å². The van der Waals surface area contributed by atoms with Crippen molar-refractivity contribution in [1.29, 1.82) is 0 Å². The van der Waals surface area contributed by atoms with E-state index in [2.05, 4.69) is 48.5 Å². The Morgan fingerprint density at radius 1 is 1.15 bits per heavy atom. The standard InChI is InChI=1S/C13H26/c1-9(2)8-10-11(12(3,4)5)13(10,6)7/h9-11H,8H2,1-7H3. The molecule has 1 saturated carbocycles. The van der Waals surface area contributed by atoms with Gasteiger partial charge in [-0.15, -0.1) is 0 Å². The Morgan fingerprint density at radius 3 is 1.85 bits per heavy atom.